The second-order valence-electron chi connectivity index (χ2n) is 0.568. The van der Waals surface area contributed by atoms with Crippen molar-refractivity contribution in [1.82, 2.24) is 0 Å². The van der Waals surface area contributed by atoms with Gasteiger partial charge in [-0.2, -0.15) is 0 Å². The molecule has 0 unspecified atom stereocenters. The van der Waals surface area contributed by atoms with Crippen LogP contribution in [-0.4, -0.2) is 5.75 Å². The zero-order valence-corrected chi connectivity index (χ0v) is 10.5. The minimum absolute atomic E-state index is 0.451. The molecule has 40 valence electrons. The molecule has 0 nitrogen and oxygen atoms in total. The fraction of sp³-hybridized carbons (Fsp3) is 1.00. The molecule has 4 heteroatoms. The van der Waals surface area contributed by atoms with Gasteiger partial charge in [-0.05, 0) is 0 Å². The molecule has 6 heavy (non-hydrogen) atoms. The summed E-state index contributed by atoms with van der Waals surface area (Å²) in [7, 11) is 1.67. The first-order valence-corrected chi connectivity index (χ1v) is 17.5. The molecule has 0 aliphatic carbocycles. The summed E-state index contributed by atoms with van der Waals surface area (Å²) in [4.78, 5) is 0. The third-order valence-corrected chi connectivity index (χ3v) is 13.3. The zero-order chi connectivity index (χ0) is 4.99. The molecule has 0 fully saturated rings. The van der Waals surface area contributed by atoms with Gasteiger partial charge in [-0.3, -0.25) is 0 Å². The first kappa shape index (κ1) is 8.54. The van der Waals surface area contributed by atoms with Gasteiger partial charge in [-0.1, -0.05) is 0 Å². The third kappa shape index (κ3) is 6.54. The number of halogens is 3. The Morgan fingerprint density at radius 3 is 2.17 bits per heavy atom. The second kappa shape index (κ2) is 5.67. The molecular formula is C2H5I3S. The van der Waals surface area contributed by atoms with Gasteiger partial charge in [0.1, 0.15) is 0 Å². The van der Waals surface area contributed by atoms with Crippen molar-refractivity contribution in [1.29, 1.82) is 0 Å². The van der Waals surface area contributed by atoms with Gasteiger partial charge in [0, 0.05) is 0 Å². The Balaban J connectivity index is 2.63. The molecule has 0 radical (unpaired) electrons. The molecule has 0 aromatic heterocycles. The average molecular weight is 442 g/mol. The molecule has 0 spiro atoms. The number of hydrogen-bond acceptors (Lipinski definition) is 1. The minimum atomic E-state index is -0.451. The van der Waals surface area contributed by atoms with E-state index in [-0.39, 0.29) is 0 Å². The van der Waals surface area contributed by atoms with E-state index in [0.717, 1.165) is 0 Å². The quantitative estimate of drug-likeness (QED) is 0.586. The monoisotopic (exact) mass is 442 g/mol. The Morgan fingerprint density at radius 1 is 1.67 bits per heavy atom. The summed E-state index contributed by atoms with van der Waals surface area (Å²) in [6.45, 7) is 2.21. The molecule has 0 saturated heterocycles. The molecule has 0 aromatic carbocycles. The summed E-state index contributed by atoms with van der Waals surface area (Å²) in [5, 5.41) is 0. The van der Waals surface area contributed by atoms with E-state index < -0.39 is 10.5 Å². The van der Waals surface area contributed by atoms with E-state index in [1.807, 2.05) is 0 Å². The first-order valence-electron chi connectivity index (χ1n) is 1.44. The average Bonchev–Trinajstić information content (AvgIpc) is 1.35. The Bertz CT molecular complexity index is 30.0. The number of hydrogen-bond donors (Lipinski definition) is 0. The fourth-order valence-corrected chi connectivity index (χ4v) is 11.1. The zero-order valence-electron chi connectivity index (χ0n) is 3.25. The van der Waals surface area contributed by atoms with E-state index in [1.165, 1.54) is 5.75 Å². The standard InChI is InChI=1S/C2H5I3S/c1-2-6-5(3)4/h2H2,1H3. The summed E-state index contributed by atoms with van der Waals surface area (Å²) in [5.74, 6) is 1.30. The van der Waals surface area contributed by atoms with Crippen LogP contribution in [-0.2, 0) is 0 Å². The van der Waals surface area contributed by atoms with Crippen LogP contribution in [0.25, 0.3) is 0 Å². The predicted octanol–water partition coefficient (Wildman–Crippen LogP) is 3.86. The van der Waals surface area contributed by atoms with E-state index >= 15 is 0 Å². The molecule has 0 aliphatic rings. The molecular weight excluding hydrogens is 437 g/mol. The van der Waals surface area contributed by atoms with Crippen molar-refractivity contribution in [3.8, 4) is 0 Å². The summed E-state index contributed by atoms with van der Waals surface area (Å²) in [6, 6.07) is 0. The third-order valence-electron chi connectivity index (χ3n) is 0.192. The summed E-state index contributed by atoms with van der Waals surface area (Å²) in [5.41, 5.74) is 0. The van der Waals surface area contributed by atoms with E-state index in [1.54, 1.807) is 0 Å². The van der Waals surface area contributed by atoms with Gasteiger partial charge in [-0.15, -0.1) is 0 Å². The van der Waals surface area contributed by atoms with Gasteiger partial charge in [0.25, 0.3) is 0 Å². The molecule has 0 bridgehead atoms. The molecule has 0 saturated carbocycles. The Labute approximate surface area is 67.8 Å². The SMILES string of the molecule is CCSI(I)I. The van der Waals surface area contributed by atoms with E-state index in [9.17, 15) is 0 Å². The Hall–Kier alpha value is 2.54. The van der Waals surface area contributed by atoms with E-state index in [2.05, 4.69) is 53.1 Å². The number of rotatable bonds is 2. The second-order valence-corrected chi connectivity index (χ2v) is 35.1. The van der Waals surface area contributed by atoms with Crippen LogP contribution in [0.3, 0.4) is 0 Å². The summed E-state index contributed by atoms with van der Waals surface area (Å²) >= 11 is 5.10. The van der Waals surface area contributed by atoms with Gasteiger partial charge in [0.05, 0.1) is 0 Å². The van der Waals surface area contributed by atoms with Crippen LogP contribution in [0.5, 0.6) is 0 Å². The van der Waals surface area contributed by atoms with Gasteiger partial charge in [0.2, 0.25) is 0 Å². The van der Waals surface area contributed by atoms with Crippen molar-refractivity contribution in [3.63, 3.8) is 0 Å². The molecule has 0 rings (SSSR count). The molecule has 0 heterocycles. The van der Waals surface area contributed by atoms with Crippen LogP contribution in [0.4, 0.5) is 0 Å². The Kier molecular flexibility index (Phi) is 8.07. The molecule has 0 N–H and O–H groups in total. The topological polar surface area (TPSA) is 0 Å². The first-order chi connectivity index (χ1) is 2.77. The van der Waals surface area contributed by atoms with Crippen molar-refractivity contribution >= 4 is 56.6 Å². The van der Waals surface area contributed by atoms with E-state index in [4.69, 9.17) is 0 Å². The van der Waals surface area contributed by atoms with Crippen molar-refractivity contribution in [2.45, 2.75) is 6.92 Å². The van der Waals surface area contributed by atoms with Crippen LogP contribution in [0.1, 0.15) is 6.92 Å². The molecule has 0 amide bonds. The van der Waals surface area contributed by atoms with E-state index in [0.29, 0.717) is 0 Å². The van der Waals surface area contributed by atoms with Crippen LogP contribution in [0.15, 0.2) is 0 Å². The van der Waals surface area contributed by atoms with Crippen LogP contribution in [0.2, 0.25) is 0 Å². The maximum absolute atomic E-state index is 2.55. The van der Waals surface area contributed by atoms with Gasteiger partial charge in [0.15, 0.2) is 0 Å². The van der Waals surface area contributed by atoms with Crippen LogP contribution in [0, 0.1) is 0 Å². The molecule has 0 aliphatic heterocycles. The molecule has 0 aromatic rings. The summed E-state index contributed by atoms with van der Waals surface area (Å²) < 4.78 is 0. The van der Waals surface area contributed by atoms with Crippen LogP contribution >= 0.6 is 56.6 Å². The Morgan fingerprint density at radius 2 is 2.17 bits per heavy atom. The van der Waals surface area contributed by atoms with Gasteiger partial charge in [-0.25, -0.2) is 0 Å². The van der Waals surface area contributed by atoms with Gasteiger partial charge >= 0.3 is 69.3 Å². The fourth-order valence-electron chi connectivity index (χ4n) is 0.0825. The predicted molar refractivity (Wildman–Crippen MR) is 60.2 cm³/mol. The normalized spacial score (nSPS) is 11.5. The van der Waals surface area contributed by atoms with Crippen LogP contribution < -0.4 is 0 Å². The summed E-state index contributed by atoms with van der Waals surface area (Å²) in [6.07, 6.45) is 0. The van der Waals surface area contributed by atoms with Gasteiger partial charge < -0.3 is 0 Å². The van der Waals surface area contributed by atoms with Crippen molar-refractivity contribution in [2.24, 2.45) is 0 Å². The van der Waals surface area contributed by atoms with Crippen molar-refractivity contribution < 1.29 is 0 Å². The van der Waals surface area contributed by atoms with Crippen molar-refractivity contribution in [3.05, 3.63) is 0 Å². The molecule has 0 atom stereocenters. The maximum atomic E-state index is 2.55. The van der Waals surface area contributed by atoms with Crippen molar-refractivity contribution in [2.75, 3.05) is 5.75 Å².